The summed E-state index contributed by atoms with van der Waals surface area (Å²) in [6.45, 7) is 9.95. The van der Waals surface area contributed by atoms with Gasteiger partial charge in [-0.1, -0.05) is 18.2 Å². The fraction of sp³-hybridized carbons (Fsp3) is 0.286. The Kier molecular flexibility index (Phi) is 5.28. The average Bonchev–Trinajstić information content (AvgIpc) is 3.36. The van der Waals surface area contributed by atoms with Crippen molar-refractivity contribution in [1.29, 1.82) is 0 Å². The molecule has 1 aliphatic rings. The Hall–Kier alpha value is -3.47. The van der Waals surface area contributed by atoms with E-state index < -0.39 is 0 Å². The average molecular weight is 442 g/mol. The maximum Gasteiger partial charge on any atom is 0.227 e. The molecule has 0 spiro atoms. The van der Waals surface area contributed by atoms with Gasteiger partial charge in [0, 0.05) is 31.1 Å². The third-order valence-corrected chi connectivity index (χ3v) is 7.15. The highest BCUT2D eigenvalue weighted by molar-refractivity contribution is 5.96. The zero-order chi connectivity index (χ0) is 23.3. The van der Waals surface area contributed by atoms with E-state index in [9.17, 15) is 9.18 Å². The normalized spacial score (nSPS) is 16.2. The Balaban J connectivity index is 1.57. The number of benzene rings is 3. The summed E-state index contributed by atoms with van der Waals surface area (Å²) in [5, 5.41) is 0. The number of carbonyl (C=O) groups excluding carboxylic acids is 1. The summed E-state index contributed by atoms with van der Waals surface area (Å²) in [4.78, 5) is 19.7. The van der Waals surface area contributed by atoms with Gasteiger partial charge in [-0.05, 0) is 91.9 Å². The van der Waals surface area contributed by atoms with Crippen LogP contribution in [-0.4, -0.2) is 22.0 Å². The Morgan fingerprint density at radius 1 is 0.970 bits per heavy atom. The van der Waals surface area contributed by atoms with Gasteiger partial charge < -0.3 is 9.47 Å². The minimum absolute atomic E-state index is 0.0264. The second-order valence-corrected chi connectivity index (χ2v) is 9.17. The second kappa shape index (κ2) is 8.14. The van der Waals surface area contributed by atoms with Crippen LogP contribution < -0.4 is 4.90 Å². The van der Waals surface area contributed by atoms with Crippen LogP contribution in [0.4, 0.5) is 10.1 Å². The van der Waals surface area contributed by atoms with Gasteiger partial charge in [0.2, 0.25) is 5.91 Å². The lowest BCUT2D eigenvalue weighted by Gasteiger charge is -2.20. The van der Waals surface area contributed by atoms with Crippen molar-refractivity contribution in [2.75, 3.05) is 11.4 Å². The van der Waals surface area contributed by atoms with E-state index in [4.69, 9.17) is 4.98 Å². The molecule has 0 unspecified atom stereocenters. The van der Waals surface area contributed by atoms with Gasteiger partial charge in [0.15, 0.2) is 0 Å². The molecule has 5 rings (SSSR count). The summed E-state index contributed by atoms with van der Waals surface area (Å²) in [6, 6.07) is 16.6. The van der Waals surface area contributed by atoms with Crippen molar-refractivity contribution >= 4 is 22.6 Å². The molecule has 1 amide bonds. The number of halogens is 1. The molecule has 1 atom stereocenters. The van der Waals surface area contributed by atoms with Crippen molar-refractivity contribution < 1.29 is 9.18 Å². The lowest BCUT2D eigenvalue weighted by atomic mass is 9.94. The summed E-state index contributed by atoms with van der Waals surface area (Å²) < 4.78 is 15.7. The summed E-state index contributed by atoms with van der Waals surface area (Å²) in [5.74, 6) is 0.653. The molecular formula is C28H28FN3O. The number of para-hydroxylation sites is 2. The van der Waals surface area contributed by atoms with Crippen LogP contribution in [0.1, 0.15) is 46.0 Å². The fourth-order valence-electron chi connectivity index (χ4n) is 5.02. The van der Waals surface area contributed by atoms with Gasteiger partial charge in [0.25, 0.3) is 0 Å². The van der Waals surface area contributed by atoms with E-state index in [0.29, 0.717) is 13.0 Å². The number of hydrogen-bond acceptors (Lipinski definition) is 2. The zero-order valence-electron chi connectivity index (χ0n) is 19.5. The van der Waals surface area contributed by atoms with E-state index in [1.165, 1.54) is 39.9 Å². The molecule has 3 aromatic carbocycles. The first-order chi connectivity index (χ1) is 15.8. The molecule has 1 aromatic heterocycles. The molecule has 2 heterocycles. The Morgan fingerprint density at radius 3 is 2.33 bits per heavy atom. The number of carbonyl (C=O) groups is 1. The fourth-order valence-corrected chi connectivity index (χ4v) is 5.02. The molecule has 1 saturated heterocycles. The molecule has 0 bridgehead atoms. The highest BCUT2D eigenvalue weighted by atomic mass is 19.1. The number of nitrogens with zero attached hydrogens (tertiary/aromatic N) is 3. The molecule has 0 saturated carbocycles. The Morgan fingerprint density at radius 2 is 1.64 bits per heavy atom. The SMILES string of the molecule is Cc1cc(C)c(C)c(Cn2c([C@H]3CC(=O)N(c4ccc(F)cc4)C3)nc3ccccc32)c1C. The smallest absolute Gasteiger partial charge is 0.227 e. The second-order valence-electron chi connectivity index (χ2n) is 9.17. The van der Waals surface area contributed by atoms with Crippen LogP contribution in [0.25, 0.3) is 11.0 Å². The minimum Gasteiger partial charge on any atom is -0.323 e. The number of fused-ring (bicyclic) bond motifs is 1. The number of anilines is 1. The highest BCUT2D eigenvalue weighted by Gasteiger charge is 2.35. The van der Waals surface area contributed by atoms with Gasteiger partial charge >= 0.3 is 0 Å². The van der Waals surface area contributed by atoms with E-state index >= 15 is 0 Å². The topological polar surface area (TPSA) is 38.1 Å². The highest BCUT2D eigenvalue weighted by Crippen LogP contribution is 2.34. The predicted molar refractivity (Wildman–Crippen MR) is 130 cm³/mol. The van der Waals surface area contributed by atoms with Crippen LogP contribution in [0.2, 0.25) is 0 Å². The molecule has 0 radical (unpaired) electrons. The van der Waals surface area contributed by atoms with Crippen LogP contribution in [0.3, 0.4) is 0 Å². The van der Waals surface area contributed by atoms with E-state index in [2.05, 4.69) is 44.4 Å². The van der Waals surface area contributed by atoms with E-state index in [1.54, 1.807) is 17.0 Å². The van der Waals surface area contributed by atoms with Gasteiger partial charge in [0.05, 0.1) is 11.0 Å². The quantitative estimate of drug-likeness (QED) is 0.391. The van der Waals surface area contributed by atoms with Crippen molar-refractivity contribution in [3.05, 3.63) is 94.1 Å². The molecular weight excluding hydrogens is 413 g/mol. The summed E-state index contributed by atoms with van der Waals surface area (Å²) >= 11 is 0. The monoisotopic (exact) mass is 441 g/mol. The first-order valence-electron chi connectivity index (χ1n) is 11.4. The number of amides is 1. The third-order valence-electron chi connectivity index (χ3n) is 7.15. The number of aryl methyl sites for hydroxylation is 2. The molecule has 1 aliphatic heterocycles. The van der Waals surface area contributed by atoms with Crippen molar-refractivity contribution in [2.24, 2.45) is 0 Å². The lowest BCUT2D eigenvalue weighted by Crippen LogP contribution is -2.24. The maximum absolute atomic E-state index is 13.4. The minimum atomic E-state index is -0.303. The van der Waals surface area contributed by atoms with Crippen LogP contribution in [0.5, 0.6) is 0 Å². The van der Waals surface area contributed by atoms with Crippen LogP contribution in [-0.2, 0) is 11.3 Å². The van der Waals surface area contributed by atoms with E-state index in [-0.39, 0.29) is 17.6 Å². The first-order valence-corrected chi connectivity index (χ1v) is 11.4. The molecule has 33 heavy (non-hydrogen) atoms. The Labute approximate surface area is 193 Å². The van der Waals surface area contributed by atoms with Gasteiger partial charge in [0.1, 0.15) is 11.6 Å². The van der Waals surface area contributed by atoms with Crippen molar-refractivity contribution in [3.63, 3.8) is 0 Å². The Bertz CT molecular complexity index is 1340. The predicted octanol–water partition coefficient (Wildman–Crippen LogP) is 5.98. The molecule has 4 nitrogen and oxygen atoms in total. The van der Waals surface area contributed by atoms with E-state index in [1.807, 2.05) is 18.2 Å². The summed E-state index contributed by atoms with van der Waals surface area (Å²) in [6.07, 6.45) is 0.394. The molecule has 5 heteroatoms. The first kappa shape index (κ1) is 21.4. The molecule has 0 aliphatic carbocycles. The number of aromatic nitrogens is 2. The number of imidazole rings is 1. The largest absolute Gasteiger partial charge is 0.323 e. The van der Waals surface area contributed by atoms with Gasteiger partial charge in [-0.3, -0.25) is 4.79 Å². The summed E-state index contributed by atoms with van der Waals surface area (Å²) in [5.41, 5.74) is 9.26. The zero-order valence-corrected chi connectivity index (χ0v) is 19.5. The summed E-state index contributed by atoms with van der Waals surface area (Å²) in [7, 11) is 0. The van der Waals surface area contributed by atoms with Gasteiger partial charge in [-0.2, -0.15) is 0 Å². The van der Waals surface area contributed by atoms with Crippen molar-refractivity contribution in [3.8, 4) is 0 Å². The van der Waals surface area contributed by atoms with E-state index in [0.717, 1.165) is 29.1 Å². The molecule has 0 N–H and O–H groups in total. The lowest BCUT2D eigenvalue weighted by molar-refractivity contribution is -0.117. The number of hydrogen-bond donors (Lipinski definition) is 0. The van der Waals surface area contributed by atoms with Gasteiger partial charge in [-0.25, -0.2) is 9.37 Å². The number of rotatable bonds is 4. The molecule has 4 aromatic rings. The maximum atomic E-state index is 13.4. The van der Waals surface area contributed by atoms with Crippen LogP contribution in [0.15, 0.2) is 54.6 Å². The standard InChI is InChI=1S/C28H28FN3O/c1-17-13-18(2)20(4)24(19(17)3)16-32-26-8-6-5-7-25(26)30-28(32)21-14-27(33)31(15-21)23-11-9-22(29)10-12-23/h5-13,21H,14-16H2,1-4H3/t21-/m0/s1. The van der Waals surface area contributed by atoms with Crippen LogP contribution >= 0.6 is 0 Å². The molecule has 1 fully saturated rings. The van der Waals surface area contributed by atoms with Gasteiger partial charge in [-0.15, -0.1) is 0 Å². The third kappa shape index (κ3) is 3.71. The van der Waals surface area contributed by atoms with Crippen LogP contribution in [0, 0.1) is 33.5 Å². The van der Waals surface area contributed by atoms with Crippen molar-refractivity contribution in [2.45, 2.75) is 46.6 Å². The molecule has 168 valence electrons. The van der Waals surface area contributed by atoms with Crippen molar-refractivity contribution in [1.82, 2.24) is 9.55 Å².